The molecule has 1 aliphatic carbocycles. The predicted octanol–water partition coefficient (Wildman–Crippen LogP) is 2.96. The summed E-state index contributed by atoms with van der Waals surface area (Å²) in [4.78, 5) is 28.7. The first-order valence-corrected chi connectivity index (χ1v) is 7.09. The Kier molecular flexibility index (Phi) is 3.16. The number of benzene rings is 1. The summed E-state index contributed by atoms with van der Waals surface area (Å²) in [5.74, 6) is -3.00. The number of halogens is 2. The van der Waals surface area contributed by atoms with Gasteiger partial charge in [-0.2, -0.15) is 0 Å². The number of hydrogen-bond acceptors (Lipinski definition) is 3. The summed E-state index contributed by atoms with van der Waals surface area (Å²) in [5, 5.41) is 0.350. The number of hydrogen-bond donors (Lipinski definition) is 0. The fourth-order valence-electron chi connectivity index (χ4n) is 3.01. The molecule has 1 aliphatic rings. The monoisotopic (exact) mass is 306 g/mol. The lowest BCUT2D eigenvalue weighted by Crippen LogP contribution is -2.37. The van der Waals surface area contributed by atoms with Crippen molar-refractivity contribution in [2.45, 2.75) is 38.5 Å². The minimum absolute atomic E-state index is 0.195. The van der Waals surface area contributed by atoms with Crippen molar-refractivity contribution in [3.05, 3.63) is 39.4 Å². The van der Waals surface area contributed by atoms with Crippen molar-refractivity contribution >= 4 is 16.7 Å². The summed E-state index contributed by atoms with van der Waals surface area (Å²) in [6.07, 6.45) is -0.611. The summed E-state index contributed by atoms with van der Waals surface area (Å²) in [6, 6.07) is 3.35. The second-order valence-corrected chi connectivity index (χ2v) is 6.06. The topological polar surface area (TPSA) is 52.0 Å². The van der Waals surface area contributed by atoms with Gasteiger partial charge in [-0.25, -0.2) is 13.8 Å². The van der Waals surface area contributed by atoms with Crippen LogP contribution in [0.2, 0.25) is 0 Å². The minimum atomic E-state index is -2.69. The fraction of sp³-hybridized carbons (Fsp3) is 0.438. The van der Waals surface area contributed by atoms with Crippen molar-refractivity contribution in [2.75, 3.05) is 0 Å². The molecule has 0 unspecified atom stereocenters. The highest BCUT2D eigenvalue weighted by molar-refractivity contribution is 6.05. The van der Waals surface area contributed by atoms with Crippen molar-refractivity contribution in [2.24, 2.45) is 7.05 Å². The number of nitrogens with zero attached hydrogens (tertiary/aromatic N) is 2. The normalized spacial score (nSPS) is 17.5. The van der Waals surface area contributed by atoms with Crippen molar-refractivity contribution in [3.63, 3.8) is 0 Å². The lowest BCUT2D eigenvalue weighted by molar-refractivity contribution is -0.0891. The molecule has 0 atom stereocenters. The van der Waals surface area contributed by atoms with E-state index in [9.17, 15) is 18.4 Å². The van der Waals surface area contributed by atoms with Gasteiger partial charge < -0.3 is 0 Å². The molecule has 3 rings (SSSR count). The molecular weight excluding hydrogens is 290 g/mol. The average molecular weight is 306 g/mol. The van der Waals surface area contributed by atoms with Gasteiger partial charge in [-0.05, 0) is 31.5 Å². The van der Waals surface area contributed by atoms with E-state index in [0.29, 0.717) is 22.3 Å². The van der Waals surface area contributed by atoms with E-state index in [-0.39, 0.29) is 24.2 Å². The van der Waals surface area contributed by atoms with E-state index < -0.39 is 11.8 Å². The molecule has 0 aliphatic heterocycles. The smallest absolute Gasteiger partial charge is 0.261 e. The molecule has 1 saturated carbocycles. The van der Waals surface area contributed by atoms with Gasteiger partial charge in [0.2, 0.25) is 5.92 Å². The van der Waals surface area contributed by atoms with Crippen LogP contribution in [0.4, 0.5) is 8.78 Å². The Morgan fingerprint density at radius 3 is 2.55 bits per heavy atom. The highest BCUT2D eigenvalue weighted by atomic mass is 19.3. The molecule has 1 aromatic carbocycles. The number of aryl methyl sites for hydroxylation is 1. The van der Waals surface area contributed by atoms with Crippen LogP contribution in [0.5, 0.6) is 0 Å². The molecular formula is C16H16F2N2O2. The molecule has 1 heterocycles. The van der Waals surface area contributed by atoms with Gasteiger partial charge in [-0.3, -0.25) is 14.2 Å². The molecule has 0 spiro atoms. The lowest BCUT2D eigenvalue weighted by atomic mass is 9.80. The third kappa shape index (κ3) is 2.23. The van der Waals surface area contributed by atoms with E-state index in [0.717, 1.165) is 5.56 Å². The third-order valence-corrected chi connectivity index (χ3v) is 4.19. The number of carbonyl (C=O) groups is 1. The molecule has 2 aromatic rings. The quantitative estimate of drug-likeness (QED) is 0.802. The summed E-state index contributed by atoms with van der Waals surface area (Å²) >= 11 is 0. The van der Waals surface area contributed by atoms with Crippen LogP contribution in [0.15, 0.2) is 16.9 Å². The Bertz CT molecular complexity index is 847. The Morgan fingerprint density at radius 2 is 2.00 bits per heavy atom. The van der Waals surface area contributed by atoms with E-state index in [2.05, 4.69) is 4.98 Å². The maximum atomic E-state index is 13.1. The zero-order valence-corrected chi connectivity index (χ0v) is 12.6. The Labute approximate surface area is 125 Å². The first-order valence-electron chi connectivity index (χ1n) is 7.09. The van der Waals surface area contributed by atoms with Crippen LogP contribution < -0.4 is 5.56 Å². The lowest BCUT2D eigenvalue weighted by Gasteiger charge is -2.35. The molecule has 1 fully saturated rings. The molecule has 22 heavy (non-hydrogen) atoms. The number of carbonyl (C=O) groups excluding carboxylic acids is 1. The molecule has 6 heteroatoms. The maximum absolute atomic E-state index is 13.1. The van der Waals surface area contributed by atoms with Crippen LogP contribution in [-0.4, -0.2) is 21.3 Å². The van der Waals surface area contributed by atoms with E-state index in [1.54, 1.807) is 19.1 Å². The van der Waals surface area contributed by atoms with Crippen LogP contribution in [0.25, 0.3) is 10.9 Å². The Hall–Kier alpha value is -2.11. The van der Waals surface area contributed by atoms with Gasteiger partial charge in [0.25, 0.3) is 5.56 Å². The Morgan fingerprint density at radius 1 is 1.36 bits per heavy atom. The summed E-state index contributed by atoms with van der Waals surface area (Å²) in [6.45, 7) is 3.20. The van der Waals surface area contributed by atoms with Gasteiger partial charge in [0.1, 0.15) is 5.82 Å². The van der Waals surface area contributed by atoms with Crippen LogP contribution in [-0.2, 0) is 7.05 Å². The number of alkyl halides is 2. The maximum Gasteiger partial charge on any atom is 0.261 e. The summed E-state index contributed by atoms with van der Waals surface area (Å²) in [7, 11) is 1.54. The second kappa shape index (κ2) is 4.69. The van der Waals surface area contributed by atoms with Crippen LogP contribution in [0, 0.1) is 6.92 Å². The highest BCUT2D eigenvalue weighted by Gasteiger charge is 2.47. The van der Waals surface area contributed by atoms with Gasteiger partial charge in [-0.1, -0.05) is 0 Å². The molecule has 0 radical (unpaired) electrons. The zero-order chi connectivity index (χ0) is 16.2. The van der Waals surface area contributed by atoms with E-state index in [1.807, 2.05) is 0 Å². The first-order chi connectivity index (χ1) is 10.2. The SMILES string of the molecule is CC(=O)c1cc(C)cc2c(=O)n(C)c(C3CC(F)(F)C3)nc12. The van der Waals surface area contributed by atoms with Gasteiger partial charge in [0.15, 0.2) is 5.78 Å². The molecule has 0 N–H and O–H groups in total. The van der Waals surface area contributed by atoms with Crippen LogP contribution in [0.1, 0.15) is 47.4 Å². The van der Waals surface area contributed by atoms with Gasteiger partial charge in [-0.15, -0.1) is 0 Å². The summed E-state index contributed by atoms with van der Waals surface area (Å²) < 4.78 is 27.5. The average Bonchev–Trinajstić information content (AvgIpc) is 2.39. The van der Waals surface area contributed by atoms with Crippen LogP contribution >= 0.6 is 0 Å². The molecule has 116 valence electrons. The molecule has 1 aromatic heterocycles. The number of rotatable bonds is 2. The summed E-state index contributed by atoms with van der Waals surface area (Å²) in [5.41, 5.74) is 1.16. The number of ketones is 1. The molecule has 0 bridgehead atoms. The van der Waals surface area contributed by atoms with E-state index in [1.165, 1.54) is 18.5 Å². The third-order valence-electron chi connectivity index (χ3n) is 4.19. The van der Waals surface area contributed by atoms with Crippen molar-refractivity contribution in [3.8, 4) is 0 Å². The van der Waals surface area contributed by atoms with E-state index in [4.69, 9.17) is 0 Å². The van der Waals surface area contributed by atoms with E-state index >= 15 is 0 Å². The van der Waals surface area contributed by atoms with Crippen molar-refractivity contribution in [1.29, 1.82) is 0 Å². The van der Waals surface area contributed by atoms with Crippen LogP contribution in [0.3, 0.4) is 0 Å². The molecule has 0 saturated heterocycles. The minimum Gasteiger partial charge on any atom is -0.299 e. The second-order valence-electron chi connectivity index (χ2n) is 6.06. The largest absolute Gasteiger partial charge is 0.299 e. The number of Topliss-reactive ketones (excluding diaryl/α,β-unsaturated/α-hetero) is 1. The number of fused-ring (bicyclic) bond motifs is 1. The first kappa shape index (κ1) is 14.8. The fourth-order valence-corrected chi connectivity index (χ4v) is 3.01. The molecule has 4 nitrogen and oxygen atoms in total. The Balaban J connectivity index is 2.27. The van der Waals surface area contributed by atoms with Crippen molar-refractivity contribution in [1.82, 2.24) is 9.55 Å². The molecule has 0 amide bonds. The van der Waals surface area contributed by atoms with Gasteiger partial charge >= 0.3 is 0 Å². The zero-order valence-electron chi connectivity index (χ0n) is 12.6. The highest BCUT2D eigenvalue weighted by Crippen LogP contribution is 2.47. The standard InChI is InChI=1S/C16H16F2N2O2/c1-8-4-11(9(2)21)13-12(5-8)15(22)20(3)14(19-13)10-6-16(17,18)7-10/h4-5,10H,6-7H2,1-3H3. The van der Waals surface area contributed by atoms with Gasteiger partial charge in [0.05, 0.1) is 10.9 Å². The predicted molar refractivity (Wildman–Crippen MR) is 78.6 cm³/mol. The number of aromatic nitrogens is 2. The van der Waals surface area contributed by atoms with Gasteiger partial charge in [0, 0.05) is 31.4 Å². The van der Waals surface area contributed by atoms with Crippen molar-refractivity contribution < 1.29 is 13.6 Å².